The van der Waals surface area contributed by atoms with E-state index in [1.807, 2.05) is 31.2 Å². The normalized spacial score (nSPS) is 10.2. The highest BCUT2D eigenvalue weighted by molar-refractivity contribution is 9.10. The van der Waals surface area contributed by atoms with E-state index in [0.29, 0.717) is 11.5 Å². The van der Waals surface area contributed by atoms with E-state index in [1.165, 1.54) is 0 Å². The van der Waals surface area contributed by atoms with Crippen molar-refractivity contribution in [1.29, 1.82) is 0 Å². The number of nitrogens with one attached hydrogen (secondary N) is 2. The first-order chi connectivity index (χ1) is 12.9. The molecule has 0 bridgehead atoms. The average Bonchev–Trinajstić information content (AvgIpc) is 2.66. The Morgan fingerprint density at radius 2 is 1.59 bits per heavy atom. The van der Waals surface area contributed by atoms with Gasteiger partial charge in [0.15, 0.2) is 13.2 Å². The molecule has 0 aliphatic carbocycles. The van der Waals surface area contributed by atoms with E-state index in [9.17, 15) is 9.59 Å². The molecule has 0 aliphatic rings. The van der Waals surface area contributed by atoms with Gasteiger partial charge < -0.3 is 9.47 Å². The average molecular weight is 500 g/mol. The Hall–Kier alpha value is -2.06. The van der Waals surface area contributed by atoms with Gasteiger partial charge in [0.2, 0.25) is 0 Å². The van der Waals surface area contributed by atoms with E-state index in [4.69, 9.17) is 9.47 Å². The number of carbonyl (C=O) groups excluding carboxylic acids is 2. The van der Waals surface area contributed by atoms with Gasteiger partial charge in [0, 0.05) is 4.47 Å². The van der Waals surface area contributed by atoms with Crippen molar-refractivity contribution in [2.45, 2.75) is 20.3 Å². The fourth-order valence-corrected chi connectivity index (χ4v) is 2.88. The molecule has 0 spiro atoms. The van der Waals surface area contributed by atoms with Gasteiger partial charge in [-0.15, -0.1) is 0 Å². The Balaban J connectivity index is 1.71. The number of hydrogen-bond donors (Lipinski definition) is 2. The minimum absolute atomic E-state index is 0.216. The van der Waals surface area contributed by atoms with Crippen LogP contribution in [0.5, 0.6) is 11.5 Å². The summed E-state index contributed by atoms with van der Waals surface area (Å²) in [6, 6.07) is 11.1. The van der Waals surface area contributed by atoms with Gasteiger partial charge in [-0.2, -0.15) is 0 Å². The number of hydrazine groups is 1. The van der Waals surface area contributed by atoms with Crippen molar-refractivity contribution in [2.75, 3.05) is 13.2 Å². The number of aryl methyl sites for hydroxylation is 2. The van der Waals surface area contributed by atoms with E-state index >= 15 is 0 Å². The van der Waals surface area contributed by atoms with Crippen molar-refractivity contribution in [3.63, 3.8) is 0 Å². The molecule has 0 heterocycles. The molecule has 0 atom stereocenters. The first-order valence-corrected chi connectivity index (χ1v) is 9.85. The largest absolute Gasteiger partial charge is 0.484 e. The van der Waals surface area contributed by atoms with Gasteiger partial charge in [-0.1, -0.05) is 28.9 Å². The third kappa shape index (κ3) is 6.88. The number of halogens is 2. The van der Waals surface area contributed by atoms with Gasteiger partial charge in [0.1, 0.15) is 11.5 Å². The van der Waals surface area contributed by atoms with Gasteiger partial charge in [-0.25, -0.2) is 0 Å². The Kier molecular flexibility index (Phi) is 8.12. The first-order valence-electron chi connectivity index (χ1n) is 8.27. The highest BCUT2D eigenvalue weighted by Crippen LogP contribution is 2.26. The summed E-state index contributed by atoms with van der Waals surface area (Å²) in [7, 11) is 0. The summed E-state index contributed by atoms with van der Waals surface area (Å²) in [6.07, 6.45) is 0.910. The van der Waals surface area contributed by atoms with Crippen molar-refractivity contribution in [3.8, 4) is 11.5 Å². The molecule has 2 N–H and O–H groups in total. The zero-order valence-electron chi connectivity index (χ0n) is 15.0. The standard InChI is InChI=1S/C19H20Br2N2O4/c1-3-13-4-7-17(16(21)9-13)27-11-19(25)23-22-18(24)10-26-14-5-6-15(20)12(2)8-14/h4-9H,3,10-11H2,1-2H3,(H,22,24)(H,23,25). The number of benzene rings is 2. The molecule has 0 aromatic heterocycles. The molecule has 0 saturated carbocycles. The smallest absolute Gasteiger partial charge is 0.276 e. The molecule has 2 amide bonds. The molecule has 0 saturated heterocycles. The van der Waals surface area contributed by atoms with Gasteiger partial charge in [0.05, 0.1) is 4.47 Å². The molecular formula is C19H20Br2N2O4. The van der Waals surface area contributed by atoms with Crippen LogP contribution in [0.2, 0.25) is 0 Å². The van der Waals surface area contributed by atoms with Crippen LogP contribution in [0.25, 0.3) is 0 Å². The second-order valence-electron chi connectivity index (χ2n) is 5.70. The minimum atomic E-state index is -0.477. The quantitative estimate of drug-likeness (QED) is 0.569. The van der Waals surface area contributed by atoms with Gasteiger partial charge in [-0.3, -0.25) is 20.4 Å². The summed E-state index contributed by atoms with van der Waals surface area (Å²) in [5.74, 6) is 0.176. The van der Waals surface area contributed by atoms with Crippen LogP contribution in [0.15, 0.2) is 45.3 Å². The maximum atomic E-state index is 11.8. The molecule has 0 aliphatic heterocycles. The van der Waals surface area contributed by atoms with E-state index in [1.54, 1.807) is 12.1 Å². The van der Waals surface area contributed by atoms with Crippen molar-refractivity contribution in [2.24, 2.45) is 0 Å². The van der Waals surface area contributed by atoms with Crippen molar-refractivity contribution in [3.05, 3.63) is 56.5 Å². The zero-order chi connectivity index (χ0) is 19.8. The van der Waals surface area contributed by atoms with Crippen LogP contribution in [0, 0.1) is 6.92 Å². The molecule has 0 fully saturated rings. The predicted octanol–water partition coefficient (Wildman–Crippen LogP) is 3.69. The number of hydrogen-bond acceptors (Lipinski definition) is 4. The molecule has 27 heavy (non-hydrogen) atoms. The molecular weight excluding hydrogens is 480 g/mol. The number of ether oxygens (including phenoxy) is 2. The van der Waals surface area contributed by atoms with Crippen molar-refractivity contribution < 1.29 is 19.1 Å². The third-order valence-electron chi connectivity index (χ3n) is 3.60. The lowest BCUT2D eigenvalue weighted by Crippen LogP contribution is -2.45. The Bertz CT molecular complexity index is 827. The topological polar surface area (TPSA) is 76.7 Å². The fourth-order valence-electron chi connectivity index (χ4n) is 2.09. The second kappa shape index (κ2) is 10.3. The van der Waals surface area contributed by atoms with E-state index in [-0.39, 0.29) is 13.2 Å². The summed E-state index contributed by atoms with van der Waals surface area (Å²) >= 11 is 6.80. The Labute approximate surface area is 174 Å². The minimum Gasteiger partial charge on any atom is -0.484 e. The van der Waals surface area contributed by atoms with Gasteiger partial charge in [0.25, 0.3) is 11.8 Å². The highest BCUT2D eigenvalue weighted by atomic mass is 79.9. The molecule has 6 nitrogen and oxygen atoms in total. The van der Waals surface area contributed by atoms with Crippen LogP contribution in [0.3, 0.4) is 0 Å². The summed E-state index contributed by atoms with van der Waals surface area (Å²) in [4.78, 5) is 23.6. The monoisotopic (exact) mass is 498 g/mol. The molecule has 2 aromatic carbocycles. The molecule has 0 unspecified atom stereocenters. The maximum Gasteiger partial charge on any atom is 0.276 e. The lowest BCUT2D eigenvalue weighted by atomic mass is 10.2. The Morgan fingerprint density at radius 1 is 0.926 bits per heavy atom. The third-order valence-corrected chi connectivity index (χ3v) is 5.11. The zero-order valence-corrected chi connectivity index (χ0v) is 18.1. The van der Waals surface area contributed by atoms with E-state index in [2.05, 4.69) is 49.6 Å². The lowest BCUT2D eigenvalue weighted by Gasteiger charge is -2.11. The molecule has 0 radical (unpaired) electrons. The highest BCUT2D eigenvalue weighted by Gasteiger charge is 2.09. The first kappa shape index (κ1) is 21.2. The number of amides is 2. The van der Waals surface area contributed by atoms with Crippen LogP contribution in [0.4, 0.5) is 0 Å². The number of rotatable bonds is 7. The summed E-state index contributed by atoms with van der Waals surface area (Å²) in [5.41, 5.74) is 6.72. The SMILES string of the molecule is CCc1ccc(OCC(=O)NNC(=O)COc2ccc(Br)c(C)c2)c(Br)c1. The molecule has 8 heteroatoms. The number of carbonyl (C=O) groups is 2. The van der Waals surface area contributed by atoms with Crippen molar-refractivity contribution in [1.82, 2.24) is 10.9 Å². The lowest BCUT2D eigenvalue weighted by molar-refractivity contribution is -0.131. The maximum absolute atomic E-state index is 11.8. The van der Waals surface area contributed by atoms with Crippen molar-refractivity contribution >= 4 is 43.7 Å². The molecule has 144 valence electrons. The van der Waals surface area contributed by atoms with Crippen LogP contribution < -0.4 is 20.3 Å². The van der Waals surface area contributed by atoms with Crippen LogP contribution >= 0.6 is 31.9 Å². The Morgan fingerprint density at radius 3 is 2.19 bits per heavy atom. The summed E-state index contributed by atoms with van der Waals surface area (Å²) in [6.45, 7) is 3.54. The van der Waals surface area contributed by atoms with Gasteiger partial charge in [-0.05, 0) is 70.7 Å². The van der Waals surface area contributed by atoms with E-state index < -0.39 is 11.8 Å². The van der Waals surface area contributed by atoms with Crippen LogP contribution in [-0.4, -0.2) is 25.0 Å². The fraction of sp³-hybridized carbons (Fsp3) is 0.263. The van der Waals surface area contributed by atoms with E-state index in [0.717, 1.165) is 26.5 Å². The van der Waals surface area contributed by atoms with Crippen LogP contribution in [-0.2, 0) is 16.0 Å². The molecule has 2 rings (SSSR count). The van der Waals surface area contributed by atoms with Gasteiger partial charge >= 0.3 is 0 Å². The summed E-state index contributed by atoms with van der Waals surface area (Å²) in [5, 5.41) is 0. The van der Waals surface area contributed by atoms with Crippen LogP contribution in [0.1, 0.15) is 18.1 Å². The molecule has 2 aromatic rings. The second-order valence-corrected chi connectivity index (χ2v) is 7.41. The predicted molar refractivity (Wildman–Crippen MR) is 110 cm³/mol. The summed E-state index contributed by atoms with van der Waals surface area (Å²) < 4.78 is 12.6.